The highest BCUT2D eigenvalue weighted by molar-refractivity contribution is 6.00. The van der Waals surface area contributed by atoms with Crippen LogP contribution in [-0.4, -0.2) is 26.1 Å². The summed E-state index contributed by atoms with van der Waals surface area (Å²) >= 11 is 0. The number of carbonyl (C=O) groups is 1. The van der Waals surface area contributed by atoms with E-state index in [0.29, 0.717) is 17.6 Å². The fourth-order valence-electron chi connectivity index (χ4n) is 1.67. The van der Waals surface area contributed by atoms with E-state index in [2.05, 4.69) is 17.2 Å². The van der Waals surface area contributed by atoms with Crippen molar-refractivity contribution in [2.45, 2.75) is 26.3 Å². The summed E-state index contributed by atoms with van der Waals surface area (Å²) in [6, 6.07) is 5.04. The number of carboxylic acids is 1. The molecular weight excluding hydrogens is 206 g/mol. The third-order valence-corrected chi connectivity index (χ3v) is 2.49. The van der Waals surface area contributed by atoms with Crippen molar-refractivity contribution in [2.24, 2.45) is 0 Å². The van der Waals surface area contributed by atoms with Gasteiger partial charge in [-0.25, -0.2) is 9.48 Å². The Kier molecular flexibility index (Phi) is 2.85. The van der Waals surface area contributed by atoms with E-state index in [9.17, 15) is 4.79 Å². The lowest BCUT2D eigenvalue weighted by Gasteiger charge is -2.02. The number of fused-ring (bicyclic) bond motifs is 1. The Balaban J connectivity index is 2.54. The van der Waals surface area contributed by atoms with E-state index >= 15 is 0 Å². The number of para-hydroxylation sites is 1. The summed E-state index contributed by atoms with van der Waals surface area (Å²) < 4.78 is 1.67. The Morgan fingerprint density at radius 1 is 1.50 bits per heavy atom. The molecule has 0 fully saturated rings. The molecule has 0 aliphatic rings. The molecule has 84 valence electrons. The zero-order valence-electron chi connectivity index (χ0n) is 9.05. The molecule has 16 heavy (non-hydrogen) atoms. The summed E-state index contributed by atoms with van der Waals surface area (Å²) in [4.78, 5) is 11.1. The number of nitrogens with zero attached hydrogens (tertiary/aromatic N) is 3. The standard InChI is InChI=1S/C11H13N3O2/c1-2-3-7-14-10-8(11(15)16)5-4-6-9(10)12-13-14/h4-6H,2-3,7H2,1H3,(H,15,16). The highest BCUT2D eigenvalue weighted by Gasteiger charge is 2.13. The molecule has 0 saturated heterocycles. The molecule has 0 atom stereocenters. The predicted octanol–water partition coefficient (Wildman–Crippen LogP) is 1.93. The Morgan fingerprint density at radius 3 is 3.00 bits per heavy atom. The lowest BCUT2D eigenvalue weighted by molar-refractivity contribution is 0.0698. The lowest BCUT2D eigenvalue weighted by atomic mass is 10.2. The van der Waals surface area contributed by atoms with Gasteiger partial charge in [-0.1, -0.05) is 24.6 Å². The number of aromatic carboxylic acids is 1. The molecule has 0 aliphatic heterocycles. The van der Waals surface area contributed by atoms with Gasteiger partial charge in [0.05, 0.1) is 5.56 Å². The van der Waals surface area contributed by atoms with Gasteiger partial charge < -0.3 is 5.11 Å². The fourth-order valence-corrected chi connectivity index (χ4v) is 1.67. The Labute approximate surface area is 92.7 Å². The quantitative estimate of drug-likeness (QED) is 0.853. The Hall–Kier alpha value is -1.91. The third-order valence-electron chi connectivity index (χ3n) is 2.49. The molecule has 0 radical (unpaired) electrons. The SMILES string of the molecule is CCCCn1nnc2cccc(C(=O)O)c21. The monoisotopic (exact) mass is 219 g/mol. The summed E-state index contributed by atoms with van der Waals surface area (Å²) in [6.07, 6.45) is 2.00. The van der Waals surface area contributed by atoms with Crippen molar-refractivity contribution in [3.63, 3.8) is 0 Å². The number of hydrogen-bond donors (Lipinski definition) is 1. The van der Waals surface area contributed by atoms with Crippen molar-refractivity contribution in [2.75, 3.05) is 0 Å². The predicted molar refractivity (Wildman–Crippen MR) is 59.4 cm³/mol. The molecule has 2 aromatic rings. The molecule has 5 nitrogen and oxygen atoms in total. The molecule has 1 aromatic carbocycles. The number of rotatable bonds is 4. The van der Waals surface area contributed by atoms with Gasteiger partial charge in [0, 0.05) is 6.54 Å². The van der Waals surface area contributed by atoms with E-state index in [1.54, 1.807) is 22.9 Å². The van der Waals surface area contributed by atoms with E-state index in [4.69, 9.17) is 5.11 Å². The maximum absolute atomic E-state index is 11.1. The average Bonchev–Trinajstić information content (AvgIpc) is 2.69. The summed E-state index contributed by atoms with van der Waals surface area (Å²) in [5, 5.41) is 17.0. The average molecular weight is 219 g/mol. The van der Waals surface area contributed by atoms with Gasteiger partial charge in [-0.3, -0.25) is 0 Å². The lowest BCUT2D eigenvalue weighted by Crippen LogP contribution is -2.05. The van der Waals surface area contributed by atoms with Gasteiger partial charge in [0.15, 0.2) is 0 Å². The van der Waals surface area contributed by atoms with Gasteiger partial charge in [-0.2, -0.15) is 0 Å². The summed E-state index contributed by atoms with van der Waals surface area (Å²) in [5.41, 5.74) is 1.51. The van der Waals surface area contributed by atoms with Gasteiger partial charge >= 0.3 is 5.97 Å². The molecule has 0 saturated carbocycles. The Morgan fingerprint density at radius 2 is 2.31 bits per heavy atom. The van der Waals surface area contributed by atoms with E-state index in [1.165, 1.54) is 0 Å². The van der Waals surface area contributed by atoms with Crippen LogP contribution >= 0.6 is 0 Å². The second kappa shape index (κ2) is 4.30. The van der Waals surface area contributed by atoms with Crippen molar-refractivity contribution in [3.8, 4) is 0 Å². The fraction of sp³-hybridized carbons (Fsp3) is 0.364. The van der Waals surface area contributed by atoms with Crippen molar-refractivity contribution in [1.82, 2.24) is 15.0 Å². The first-order valence-corrected chi connectivity index (χ1v) is 5.29. The minimum Gasteiger partial charge on any atom is -0.478 e. The molecule has 0 unspecified atom stereocenters. The van der Waals surface area contributed by atoms with Crippen LogP contribution in [0.5, 0.6) is 0 Å². The Bertz CT molecular complexity index is 519. The van der Waals surface area contributed by atoms with Gasteiger partial charge in [0.25, 0.3) is 0 Å². The second-order valence-corrected chi connectivity index (χ2v) is 3.64. The summed E-state index contributed by atoms with van der Waals surface area (Å²) in [7, 11) is 0. The van der Waals surface area contributed by atoms with Crippen molar-refractivity contribution >= 4 is 17.0 Å². The van der Waals surface area contributed by atoms with Crippen LogP contribution in [0.15, 0.2) is 18.2 Å². The van der Waals surface area contributed by atoms with Gasteiger partial charge in [0.2, 0.25) is 0 Å². The molecule has 1 aromatic heterocycles. The molecular formula is C11H13N3O2. The van der Waals surface area contributed by atoms with Crippen LogP contribution in [0.25, 0.3) is 11.0 Å². The summed E-state index contributed by atoms with van der Waals surface area (Å²) in [6.45, 7) is 2.79. The normalized spacial score (nSPS) is 10.8. The van der Waals surface area contributed by atoms with E-state index in [-0.39, 0.29) is 5.56 Å². The number of aryl methyl sites for hydroxylation is 1. The highest BCUT2D eigenvalue weighted by atomic mass is 16.4. The first-order valence-electron chi connectivity index (χ1n) is 5.29. The molecule has 0 amide bonds. The van der Waals surface area contributed by atoms with Gasteiger partial charge in [-0.05, 0) is 18.6 Å². The smallest absolute Gasteiger partial charge is 0.337 e. The van der Waals surface area contributed by atoms with Crippen molar-refractivity contribution < 1.29 is 9.90 Å². The van der Waals surface area contributed by atoms with Crippen LogP contribution in [0.4, 0.5) is 0 Å². The molecule has 0 aliphatic carbocycles. The van der Waals surface area contributed by atoms with E-state index in [0.717, 1.165) is 12.8 Å². The van der Waals surface area contributed by atoms with Crippen LogP contribution in [0, 0.1) is 0 Å². The van der Waals surface area contributed by atoms with Gasteiger partial charge in [0.1, 0.15) is 11.0 Å². The molecule has 2 rings (SSSR count). The number of carboxylic acid groups (broad SMARTS) is 1. The number of unbranched alkanes of at least 4 members (excludes halogenated alkanes) is 1. The molecule has 0 spiro atoms. The minimum absolute atomic E-state index is 0.263. The number of benzene rings is 1. The van der Waals surface area contributed by atoms with Crippen LogP contribution in [0.3, 0.4) is 0 Å². The third kappa shape index (κ3) is 1.76. The summed E-state index contributed by atoms with van der Waals surface area (Å²) in [5.74, 6) is -0.939. The van der Waals surface area contributed by atoms with Crippen LogP contribution in [-0.2, 0) is 6.54 Å². The topological polar surface area (TPSA) is 68.0 Å². The molecule has 0 bridgehead atoms. The maximum atomic E-state index is 11.1. The largest absolute Gasteiger partial charge is 0.478 e. The maximum Gasteiger partial charge on any atom is 0.337 e. The van der Waals surface area contributed by atoms with Crippen LogP contribution in [0.1, 0.15) is 30.1 Å². The van der Waals surface area contributed by atoms with Gasteiger partial charge in [-0.15, -0.1) is 5.10 Å². The second-order valence-electron chi connectivity index (χ2n) is 3.64. The number of hydrogen-bond acceptors (Lipinski definition) is 3. The zero-order valence-corrected chi connectivity index (χ0v) is 9.05. The molecule has 5 heteroatoms. The van der Waals surface area contributed by atoms with Crippen LogP contribution in [0.2, 0.25) is 0 Å². The minimum atomic E-state index is -0.939. The number of aromatic nitrogens is 3. The first kappa shape index (κ1) is 10.6. The van der Waals surface area contributed by atoms with E-state index in [1.807, 2.05) is 0 Å². The zero-order chi connectivity index (χ0) is 11.5. The molecule has 1 N–H and O–H groups in total. The first-order chi connectivity index (χ1) is 7.74. The van der Waals surface area contributed by atoms with E-state index < -0.39 is 5.97 Å². The van der Waals surface area contributed by atoms with Crippen molar-refractivity contribution in [1.29, 1.82) is 0 Å². The van der Waals surface area contributed by atoms with Crippen LogP contribution < -0.4 is 0 Å². The molecule has 1 heterocycles. The van der Waals surface area contributed by atoms with Crippen molar-refractivity contribution in [3.05, 3.63) is 23.8 Å². The highest BCUT2D eigenvalue weighted by Crippen LogP contribution is 2.17.